The van der Waals surface area contributed by atoms with Crippen LogP contribution in [0, 0.1) is 10.1 Å². The highest BCUT2D eigenvalue weighted by Gasteiger charge is 2.13. The number of carbonyl (C=O) groups excluding carboxylic acids is 3. The van der Waals surface area contributed by atoms with Gasteiger partial charge in [-0.05, 0) is 23.8 Å². The number of rotatable bonds is 8. The second kappa shape index (κ2) is 10.9. The van der Waals surface area contributed by atoms with Crippen LogP contribution in [-0.4, -0.2) is 44.0 Å². The van der Waals surface area contributed by atoms with Gasteiger partial charge in [0.2, 0.25) is 0 Å². The lowest BCUT2D eigenvalue weighted by Crippen LogP contribution is -2.46. The summed E-state index contributed by atoms with van der Waals surface area (Å²) in [6, 6.07) is 11.9. The van der Waals surface area contributed by atoms with Gasteiger partial charge in [-0.25, -0.2) is 0 Å². The van der Waals surface area contributed by atoms with Crippen molar-refractivity contribution in [2.24, 2.45) is 7.05 Å². The third kappa shape index (κ3) is 6.61. The van der Waals surface area contributed by atoms with E-state index in [-0.39, 0.29) is 11.3 Å². The third-order valence-corrected chi connectivity index (χ3v) is 5.40. The molecule has 3 amide bonds. The van der Waals surface area contributed by atoms with E-state index in [4.69, 9.17) is 0 Å². The summed E-state index contributed by atoms with van der Waals surface area (Å²) >= 11 is 1.51. The number of aromatic nitrogens is 3. The van der Waals surface area contributed by atoms with Gasteiger partial charge in [-0.2, -0.15) is 0 Å². The Balaban J connectivity index is 1.43. The van der Waals surface area contributed by atoms with Gasteiger partial charge < -0.3 is 9.88 Å². The lowest BCUT2D eigenvalue weighted by Gasteiger charge is -2.09. The second-order valence-corrected chi connectivity index (χ2v) is 7.64. The molecule has 0 atom stereocenters. The molecule has 2 aromatic carbocycles. The maximum atomic E-state index is 12.2. The highest BCUT2D eigenvalue weighted by Crippen LogP contribution is 2.20. The molecule has 1 heterocycles. The zero-order valence-electron chi connectivity index (χ0n) is 17.3. The summed E-state index contributed by atoms with van der Waals surface area (Å²) < 4.78 is 1.81. The lowest BCUT2D eigenvalue weighted by atomic mass is 10.1. The van der Waals surface area contributed by atoms with E-state index in [9.17, 15) is 24.5 Å². The Bertz CT molecular complexity index is 1180. The smallest absolute Gasteiger partial charge is 0.270 e. The van der Waals surface area contributed by atoms with Gasteiger partial charge in [0, 0.05) is 36.1 Å². The van der Waals surface area contributed by atoms with Crippen molar-refractivity contribution in [2.75, 3.05) is 6.54 Å². The largest absolute Gasteiger partial charge is 0.343 e. The molecule has 0 aliphatic heterocycles. The molecule has 0 unspecified atom stereocenters. The molecule has 13 heteroatoms. The van der Waals surface area contributed by atoms with Gasteiger partial charge in [0.1, 0.15) is 6.33 Å². The van der Waals surface area contributed by atoms with E-state index in [1.165, 1.54) is 30.0 Å². The van der Waals surface area contributed by atoms with Crippen molar-refractivity contribution in [1.82, 2.24) is 30.9 Å². The molecule has 33 heavy (non-hydrogen) atoms. The Morgan fingerprint density at radius 2 is 1.82 bits per heavy atom. The molecular formula is C20H19N7O5S. The summed E-state index contributed by atoms with van der Waals surface area (Å²) in [5, 5.41) is 21.7. The Morgan fingerprint density at radius 3 is 2.48 bits per heavy atom. The summed E-state index contributed by atoms with van der Waals surface area (Å²) in [6.45, 7) is -0.431. The molecule has 0 aliphatic rings. The summed E-state index contributed by atoms with van der Waals surface area (Å²) in [5.74, 6) is -1.20. The fourth-order valence-corrected chi connectivity index (χ4v) is 3.41. The molecular weight excluding hydrogens is 450 g/mol. The van der Waals surface area contributed by atoms with E-state index in [1.807, 2.05) is 7.05 Å². The van der Waals surface area contributed by atoms with Crippen LogP contribution < -0.4 is 16.2 Å². The molecule has 3 N–H and O–H groups in total. The van der Waals surface area contributed by atoms with Crippen molar-refractivity contribution in [3.8, 4) is 0 Å². The van der Waals surface area contributed by atoms with Crippen molar-refractivity contribution in [3.63, 3.8) is 0 Å². The number of amides is 3. The monoisotopic (exact) mass is 469 g/mol. The normalized spacial score (nSPS) is 10.3. The number of carbonyl (C=O) groups is 3. The molecule has 0 bridgehead atoms. The van der Waals surface area contributed by atoms with Crippen LogP contribution in [0.2, 0.25) is 0 Å². The minimum absolute atomic E-state index is 0.0402. The average molecular weight is 469 g/mol. The number of hydrogen-bond donors (Lipinski definition) is 3. The molecule has 0 radical (unpaired) electrons. The van der Waals surface area contributed by atoms with E-state index in [2.05, 4.69) is 26.4 Å². The van der Waals surface area contributed by atoms with Gasteiger partial charge in [0.25, 0.3) is 23.4 Å². The molecule has 0 saturated heterocycles. The highest BCUT2D eigenvalue weighted by atomic mass is 32.2. The van der Waals surface area contributed by atoms with Crippen molar-refractivity contribution in [2.45, 2.75) is 10.9 Å². The van der Waals surface area contributed by atoms with Crippen LogP contribution in [0.3, 0.4) is 0 Å². The fraction of sp³-hybridized carbons (Fsp3) is 0.150. The van der Waals surface area contributed by atoms with Gasteiger partial charge >= 0.3 is 0 Å². The number of aryl methyl sites for hydroxylation is 1. The lowest BCUT2D eigenvalue weighted by molar-refractivity contribution is -0.384. The van der Waals surface area contributed by atoms with E-state index >= 15 is 0 Å². The summed E-state index contributed by atoms with van der Waals surface area (Å²) in [7, 11) is 1.85. The molecule has 3 rings (SSSR count). The zero-order chi connectivity index (χ0) is 23.8. The van der Waals surface area contributed by atoms with Crippen LogP contribution in [0.5, 0.6) is 0 Å². The average Bonchev–Trinajstić information content (AvgIpc) is 3.24. The predicted octanol–water partition coefficient (Wildman–Crippen LogP) is 1.21. The van der Waals surface area contributed by atoms with Crippen molar-refractivity contribution >= 4 is 35.2 Å². The molecule has 0 saturated carbocycles. The minimum atomic E-state index is -0.668. The van der Waals surface area contributed by atoms with Crippen LogP contribution in [0.1, 0.15) is 26.3 Å². The number of non-ortho nitro benzene ring substituents is 1. The van der Waals surface area contributed by atoms with Crippen LogP contribution in [0.4, 0.5) is 5.69 Å². The first-order valence-corrected chi connectivity index (χ1v) is 10.5. The Hall–Kier alpha value is -4.26. The van der Waals surface area contributed by atoms with E-state index in [0.29, 0.717) is 11.3 Å². The quantitative estimate of drug-likeness (QED) is 0.252. The Morgan fingerprint density at radius 1 is 1.06 bits per heavy atom. The number of nitrogens with one attached hydrogen (secondary N) is 3. The third-order valence-electron chi connectivity index (χ3n) is 4.30. The number of nitro benzene ring substituents is 1. The summed E-state index contributed by atoms with van der Waals surface area (Å²) in [6.07, 6.45) is 1.61. The first kappa shape index (κ1) is 23.4. The minimum Gasteiger partial charge on any atom is -0.343 e. The van der Waals surface area contributed by atoms with Gasteiger partial charge in [0.15, 0.2) is 5.16 Å². The van der Waals surface area contributed by atoms with Crippen LogP contribution in [-0.2, 0) is 17.6 Å². The summed E-state index contributed by atoms with van der Waals surface area (Å²) in [5.41, 5.74) is 5.58. The van der Waals surface area contributed by atoms with E-state index in [0.717, 1.165) is 16.8 Å². The fourth-order valence-electron chi connectivity index (χ4n) is 2.57. The summed E-state index contributed by atoms with van der Waals surface area (Å²) in [4.78, 5) is 46.3. The second-order valence-electron chi connectivity index (χ2n) is 6.70. The molecule has 0 aliphatic carbocycles. The van der Waals surface area contributed by atoms with Gasteiger partial charge in [-0.15, -0.1) is 10.2 Å². The maximum Gasteiger partial charge on any atom is 0.270 e. The zero-order valence-corrected chi connectivity index (χ0v) is 18.2. The molecule has 0 spiro atoms. The molecule has 12 nitrogen and oxygen atoms in total. The van der Waals surface area contributed by atoms with Crippen LogP contribution >= 0.6 is 11.8 Å². The SMILES string of the molecule is Cn1cnnc1SCc1ccc(C(=O)NNC(=O)CNC(=O)c2cccc([N+](=O)[O-])c2)cc1. The molecule has 170 valence electrons. The first-order chi connectivity index (χ1) is 15.8. The van der Waals surface area contributed by atoms with E-state index < -0.39 is 29.2 Å². The van der Waals surface area contributed by atoms with Crippen LogP contribution in [0.15, 0.2) is 60.0 Å². The molecule has 1 aromatic heterocycles. The van der Waals surface area contributed by atoms with E-state index in [1.54, 1.807) is 35.2 Å². The van der Waals surface area contributed by atoms with Crippen molar-refractivity contribution < 1.29 is 19.3 Å². The van der Waals surface area contributed by atoms with Crippen LogP contribution in [0.25, 0.3) is 0 Å². The van der Waals surface area contributed by atoms with Gasteiger partial charge in [-0.3, -0.25) is 35.3 Å². The predicted molar refractivity (Wildman–Crippen MR) is 118 cm³/mol. The number of thioether (sulfide) groups is 1. The molecule has 3 aromatic rings. The highest BCUT2D eigenvalue weighted by molar-refractivity contribution is 7.98. The topological polar surface area (TPSA) is 161 Å². The van der Waals surface area contributed by atoms with Crippen molar-refractivity contribution in [3.05, 3.63) is 81.7 Å². The molecule has 0 fully saturated rings. The number of benzene rings is 2. The first-order valence-electron chi connectivity index (χ1n) is 9.51. The maximum absolute atomic E-state index is 12.2. The Labute approximate surface area is 191 Å². The van der Waals surface area contributed by atoms with Gasteiger partial charge in [-0.1, -0.05) is 30.0 Å². The number of nitrogens with zero attached hydrogens (tertiary/aromatic N) is 4. The van der Waals surface area contributed by atoms with Crippen molar-refractivity contribution in [1.29, 1.82) is 0 Å². The standard InChI is InChI=1S/C20H19N7O5S/c1-26-12-22-25-20(26)33-11-13-5-7-14(8-6-13)19(30)24-23-17(28)10-21-18(29)15-3-2-4-16(9-15)27(31)32/h2-9,12H,10-11H2,1H3,(H,21,29)(H,23,28)(H,24,30). The number of hydrazine groups is 1. The Kier molecular flexibility index (Phi) is 7.70. The van der Waals surface area contributed by atoms with Gasteiger partial charge in [0.05, 0.1) is 11.5 Å². The number of hydrogen-bond acceptors (Lipinski definition) is 8. The number of nitro groups is 1.